The van der Waals surface area contributed by atoms with Crippen LogP contribution >= 0.6 is 0 Å². The van der Waals surface area contributed by atoms with E-state index in [9.17, 15) is 19.5 Å². The number of hydrogen-bond donors (Lipinski definition) is 2. The molecular weight excluding hydrogens is 312 g/mol. The molecule has 0 radical (unpaired) electrons. The monoisotopic (exact) mass is 336 g/mol. The largest absolute Gasteiger partial charge is 0.480 e. The van der Waals surface area contributed by atoms with Gasteiger partial charge in [0, 0.05) is 20.0 Å². The van der Waals surface area contributed by atoms with Gasteiger partial charge in [-0.25, -0.2) is 4.79 Å². The highest BCUT2D eigenvalue weighted by atomic mass is 16.5. The van der Waals surface area contributed by atoms with Gasteiger partial charge >= 0.3 is 5.97 Å². The van der Waals surface area contributed by atoms with E-state index >= 15 is 0 Å². The topological polar surface area (TPSA) is 95.9 Å². The first-order valence-corrected chi connectivity index (χ1v) is 7.76. The van der Waals surface area contributed by atoms with Crippen LogP contribution in [0.2, 0.25) is 0 Å². The number of nitrogens with one attached hydrogen (secondary N) is 1. The highest BCUT2D eigenvalue weighted by molar-refractivity contribution is 5.86. The fraction of sp³-hybridized carbons (Fsp3) is 0.471. The molecule has 0 aromatic heterocycles. The van der Waals surface area contributed by atoms with Gasteiger partial charge in [0.05, 0.1) is 6.61 Å². The molecule has 132 valence electrons. The van der Waals surface area contributed by atoms with Crippen LogP contribution in [0.25, 0.3) is 0 Å². The van der Waals surface area contributed by atoms with Gasteiger partial charge in [-0.1, -0.05) is 30.3 Å². The predicted octanol–water partition coefficient (Wildman–Crippen LogP) is 1.03. The quantitative estimate of drug-likeness (QED) is 0.702. The van der Waals surface area contributed by atoms with Gasteiger partial charge in [-0.2, -0.15) is 0 Å². The Kier molecular flexibility index (Phi) is 7.91. The Morgan fingerprint density at radius 1 is 1.21 bits per heavy atom. The Balaban J connectivity index is 2.66. The molecule has 7 nitrogen and oxygen atoms in total. The van der Waals surface area contributed by atoms with Crippen LogP contribution in [0.5, 0.6) is 0 Å². The van der Waals surface area contributed by atoms with E-state index in [0.29, 0.717) is 0 Å². The SMILES string of the molecule is CC(=O)NCCN(C(=O)C(C)OCc1ccccc1)C(C)C(=O)O. The van der Waals surface area contributed by atoms with Gasteiger partial charge in [0.1, 0.15) is 12.1 Å². The average molecular weight is 336 g/mol. The summed E-state index contributed by atoms with van der Waals surface area (Å²) in [7, 11) is 0. The summed E-state index contributed by atoms with van der Waals surface area (Å²) in [6.45, 7) is 4.92. The fourth-order valence-electron chi connectivity index (χ4n) is 2.08. The molecule has 0 saturated heterocycles. The van der Waals surface area contributed by atoms with Crippen molar-refractivity contribution >= 4 is 17.8 Å². The van der Waals surface area contributed by atoms with Gasteiger partial charge < -0.3 is 20.1 Å². The summed E-state index contributed by atoms with van der Waals surface area (Å²) < 4.78 is 5.56. The molecule has 0 heterocycles. The highest BCUT2D eigenvalue weighted by Gasteiger charge is 2.29. The zero-order valence-electron chi connectivity index (χ0n) is 14.2. The lowest BCUT2D eigenvalue weighted by molar-refractivity contribution is -0.155. The van der Waals surface area contributed by atoms with E-state index < -0.39 is 24.0 Å². The Hall–Kier alpha value is -2.41. The van der Waals surface area contributed by atoms with Crippen molar-refractivity contribution in [3.63, 3.8) is 0 Å². The lowest BCUT2D eigenvalue weighted by Crippen LogP contribution is -2.50. The molecule has 7 heteroatoms. The smallest absolute Gasteiger partial charge is 0.326 e. The van der Waals surface area contributed by atoms with E-state index in [4.69, 9.17) is 4.74 Å². The maximum atomic E-state index is 12.5. The van der Waals surface area contributed by atoms with Crippen molar-refractivity contribution in [2.75, 3.05) is 13.1 Å². The number of aliphatic carboxylic acids is 1. The van der Waals surface area contributed by atoms with Gasteiger partial charge in [0.2, 0.25) is 5.91 Å². The summed E-state index contributed by atoms with van der Waals surface area (Å²) in [4.78, 5) is 35.9. The first-order chi connectivity index (χ1) is 11.3. The van der Waals surface area contributed by atoms with Gasteiger partial charge in [-0.05, 0) is 19.4 Å². The zero-order chi connectivity index (χ0) is 18.1. The first kappa shape index (κ1) is 19.6. The lowest BCUT2D eigenvalue weighted by atomic mass is 10.2. The molecule has 2 N–H and O–H groups in total. The number of benzene rings is 1. The van der Waals surface area contributed by atoms with Crippen molar-refractivity contribution < 1.29 is 24.2 Å². The van der Waals surface area contributed by atoms with Crippen molar-refractivity contribution in [3.05, 3.63) is 35.9 Å². The zero-order valence-corrected chi connectivity index (χ0v) is 14.2. The van der Waals surface area contributed by atoms with Crippen LogP contribution in [0.1, 0.15) is 26.3 Å². The summed E-state index contributed by atoms with van der Waals surface area (Å²) in [6, 6.07) is 8.39. The first-order valence-electron chi connectivity index (χ1n) is 7.76. The predicted molar refractivity (Wildman–Crippen MR) is 88.2 cm³/mol. The molecule has 0 spiro atoms. The molecule has 1 aromatic rings. The number of rotatable bonds is 9. The van der Waals surface area contributed by atoms with Crippen LogP contribution in [0, 0.1) is 0 Å². The minimum atomic E-state index is -1.11. The maximum Gasteiger partial charge on any atom is 0.326 e. The minimum Gasteiger partial charge on any atom is -0.480 e. The minimum absolute atomic E-state index is 0.102. The molecule has 24 heavy (non-hydrogen) atoms. The number of carbonyl (C=O) groups excluding carboxylic acids is 2. The molecule has 0 aliphatic carbocycles. The normalized spacial score (nSPS) is 13.0. The number of carboxylic acid groups (broad SMARTS) is 1. The van der Waals surface area contributed by atoms with Crippen LogP contribution in [0.15, 0.2) is 30.3 Å². The third kappa shape index (κ3) is 6.37. The van der Waals surface area contributed by atoms with E-state index in [0.717, 1.165) is 5.56 Å². The number of hydrogen-bond acceptors (Lipinski definition) is 4. The molecule has 0 fully saturated rings. The van der Waals surface area contributed by atoms with Crippen LogP contribution < -0.4 is 5.32 Å². The van der Waals surface area contributed by atoms with Gasteiger partial charge in [0.15, 0.2) is 0 Å². The Morgan fingerprint density at radius 3 is 2.38 bits per heavy atom. The second kappa shape index (κ2) is 9.67. The number of amides is 2. The number of carbonyl (C=O) groups is 3. The Bertz CT molecular complexity index is 561. The maximum absolute atomic E-state index is 12.5. The molecular formula is C17H24N2O5. The summed E-state index contributed by atoms with van der Waals surface area (Å²) in [5, 5.41) is 11.7. The van der Waals surface area contributed by atoms with Crippen molar-refractivity contribution in [2.24, 2.45) is 0 Å². The van der Waals surface area contributed by atoms with Crippen LogP contribution in [0.4, 0.5) is 0 Å². The van der Waals surface area contributed by atoms with Gasteiger partial charge in [-0.3, -0.25) is 9.59 Å². The molecule has 0 bridgehead atoms. The van der Waals surface area contributed by atoms with Gasteiger partial charge in [0.25, 0.3) is 5.91 Å². The lowest BCUT2D eigenvalue weighted by Gasteiger charge is -2.29. The third-order valence-corrected chi connectivity index (χ3v) is 3.53. The Morgan fingerprint density at radius 2 is 1.83 bits per heavy atom. The Labute approximate surface area is 141 Å². The van der Waals surface area contributed by atoms with Crippen molar-refractivity contribution in [2.45, 2.75) is 39.5 Å². The molecule has 1 rings (SSSR count). The second-order valence-electron chi connectivity index (χ2n) is 5.47. The molecule has 2 amide bonds. The van der Waals surface area contributed by atoms with Crippen molar-refractivity contribution in [1.82, 2.24) is 10.2 Å². The highest BCUT2D eigenvalue weighted by Crippen LogP contribution is 2.08. The van der Waals surface area contributed by atoms with E-state index in [1.165, 1.54) is 18.7 Å². The number of carboxylic acids is 1. The van der Waals surface area contributed by atoms with Crippen molar-refractivity contribution in [3.8, 4) is 0 Å². The van der Waals surface area contributed by atoms with E-state index in [1.807, 2.05) is 30.3 Å². The molecule has 0 saturated carbocycles. The van der Waals surface area contributed by atoms with E-state index in [2.05, 4.69) is 5.32 Å². The molecule has 1 aromatic carbocycles. The van der Waals surface area contributed by atoms with Crippen LogP contribution in [0.3, 0.4) is 0 Å². The van der Waals surface area contributed by atoms with E-state index in [-0.39, 0.29) is 25.6 Å². The van der Waals surface area contributed by atoms with E-state index in [1.54, 1.807) is 6.92 Å². The summed E-state index contributed by atoms with van der Waals surface area (Å²) in [5.41, 5.74) is 0.924. The standard InChI is InChI=1S/C17H24N2O5/c1-12(17(22)23)19(10-9-18-14(3)20)16(21)13(2)24-11-15-7-5-4-6-8-15/h4-8,12-13H,9-11H2,1-3H3,(H,18,20)(H,22,23). The number of ether oxygens (including phenoxy) is 1. The molecule has 2 unspecified atom stereocenters. The van der Waals surface area contributed by atoms with Gasteiger partial charge in [-0.15, -0.1) is 0 Å². The molecule has 0 aliphatic heterocycles. The third-order valence-electron chi connectivity index (χ3n) is 3.53. The summed E-state index contributed by atoms with van der Waals surface area (Å²) in [5.74, 6) is -1.77. The molecule has 2 atom stereocenters. The second-order valence-corrected chi connectivity index (χ2v) is 5.47. The average Bonchev–Trinajstić information content (AvgIpc) is 2.56. The fourth-order valence-corrected chi connectivity index (χ4v) is 2.08. The van der Waals surface area contributed by atoms with Crippen molar-refractivity contribution in [1.29, 1.82) is 0 Å². The molecule has 0 aliphatic rings. The summed E-state index contributed by atoms with van der Waals surface area (Å²) in [6.07, 6.45) is -0.788. The van der Waals surface area contributed by atoms with Crippen LogP contribution in [-0.2, 0) is 25.7 Å². The van der Waals surface area contributed by atoms with Crippen LogP contribution in [-0.4, -0.2) is 53.0 Å². The summed E-state index contributed by atoms with van der Waals surface area (Å²) >= 11 is 0. The number of nitrogens with zero attached hydrogens (tertiary/aromatic N) is 1.